The van der Waals surface area contributed by atoms with Crippen molar-refractivity contribution in [2.24, 2.45) is 0 Å². The third-order valence-corrected chi connectivity index (χ3v) is 3.71. The Bertz CT molecular complexity index is 497. The number of amides is 1. The molecule has 0 bridgehead atoms. The summed E-state index contributed by atoms with van der Waals surface area (Å²) in [4.78, 5) is 18.3. The minimum atomic E-state index is -0.00148. The monoisotopic (exact) mass is 278 g/mol. The normalized spacial score (nSPS) is 15.1. The summed E-state index contributed by atoms with van der Waals surface area (Å²) in [6.45, 7) is 9.10. The lowest BCUT2D eigenvalue weighted by atomic mass is 9.95. The minimum absolute atomic E-state index is 0.00148. The Morgan fingerprint density at radius 2 is 2.10 bits per heavy atom. The summed E-state index contributed by atoms with van der Waals surface area (Å²) in [6, 6.07) is 0. The molecule has 5 heteroatoms. The van der Waals surface area contributed by atoms with Crippen molar-refractivity contribution < 1.29 is 4.79 Å². The van der Waals surface area contributed by atoms with E-state index in [4.69, 9.17) is 4.98 Å². The predicted molar refractivity (Wildman–Crippen MR) is 79.6 cm³/mol. The highest BCUT2D eigenvalue weighted by Gasteiger charge is 2.27. The van der Waals surface area contributed by atoms with Crippen LogP contribution in [0.2, 0.25) is 0 Å². The summed E-state index contributed by atoms with van der Waals surface area (Å²) in [5.74, 6) is 1.26. The molecule has 1 aromatic rings. The maximum atomic E-state index is 11.8. The molecule has 0 aliphatic carbocycles. The number of rotatable bonds is 3. The van der Waals surface area contributed by atoms with Crippen molar-refractivity contribution in [2.75, 3.05) is 20.6 Å². The maximum Gasteiger partial charge on any atom is 0.223 e. The number of hydrogen-bond donors (Lipinski definition) is 1. The summed E-state index contributed by atoms with van der Waals surface area (Å²) < 4.78 is 2.28. The molecule has 1 aliphatic rings. The van der Waals surface area contributed by atoms with Gasteiger partial charge in [-0.15, -0.1) is 0 Å². The lowest BCUT2D eigenvalue weighted by Crippen LogP contribution is -2.28. The summed E-state index contributed by atoms with van der Waals surface area (Å²) >= 11 is 0. The van der Waals surface area contributed by atoms with E-state index in [-0.39, 0.29) is 11.3 Å². The highest BCUT2D eigenvalue weighted by Crippen LogP contribution is 2.26. The fourth-order valence-electron chi connectivity index (χ4n) is 2.62. The van der Waals surface area contributed by atoms with Crippen LogP contribution in [0.4, 0.5) is 0 Å². The van der Waals surface area contributed by atoms with E-state index in [0.29, 0.717) is 6.42 Å². The van der Waals surface area contributed by atoms with Crippen LogP contribution < -0.4 is 5.32 Å². The molecule has 0 fully saturated rings. The first-order valence-corrected chi connectivity index (χ1v) is 7.30. The standard InChI is InChI=1S/C15H26N4O/c1-15(2,3)14-17-11-10-16-8-6-12(11)19(14)9-7-13(20)18(4)5/h16H,6-10H2,1-5H3. The van der Waals surface area contributed by atoms with Crippen LogP contribution in [0.25, 0.3) is 0 Å². The first kappa shape index (κ1) is 15.0. The first-order chi connectivity index (χ1) is 9.30. The Labute approximate surface area is 121 Å². The van der Waals surface area contributed by atoms with Crippen molar-refractivity contribution in [3.8, 4) is 0 Å². The fraction of sp³-hybridized carbons (Fsp3) is 0.733. The number of carbonyl (C=O) groups excluding carboxylic acids is 1. The van der Waals surface area contributed by atoms with Crippen LogP contribution in [0.3, 0.4) is 0 Å². The number of nitrogens with one attached hydrogen (secondary N) is 1. The second kappa shape index (κ2) is 5.56. The molecule has 112 valence electrons. The first-order valence-electron chi connectivity index (χ1n) is 7.30. The van der Waals surface area contributed by atoms with Crippen molar-refractivity contribution in [2.45, 2.75) is 52.1 Å². The topological polar surface area (TPSA) is 50.2 Å². The lowest BCUT2D eigenvalue weighted by molar-refractivity contribution is -0.128. The number of imidazole rings is 1. The molecule has 0 aromatic carbocycles. The summed E-state index contributed by atoms with van der Waals surface area (Å²) in [5.41, 5.74) is 2.46. The van der Waals surface area contributed by atoms with E-state index in [0.717, 1.165) is 37.6 Å². The quantitative estimate of drug-likeness (QED) is 0.907. The van der Waals surface area contributed by atoms with Gasteiger partial charge >= 0.3 is 0 Å². The van der Waals surface area contributed by atoms with Crippen molar-refractivity contribution in [3.05, 3.63) is 17.2 Å². The van der Waals surface area contributed by atoms with Gasteiger partial charge in [-0.3, -0.25) is 4.79 Å². The molecule has 20 heavy (non-hydrogen) atoms. The largest absolute Gasteiger partial charge is 0.349 e. The molecule has 0 radical (unpaired) electrons. The van der Waals surface area contributed by atoms with Crippen molar-refractivity contribution in [1.29, 1.82) is 0 Å². The van der Waals surface area contributed by atoms with Gasteiger partial charge in [0.15, 0.2) is 0 Å². The minimum Gasteiger partial charge on any atom is -0.349 e. The number of nitrogens with zero attached hydrogens (tertiary/aromatic N) is 3. The molecule has 0 spiro atoms. The number of fused-ring (bicyclic) bond motifs is 1. The van der Waals surface area contributed by atoms with E-state index < -0.39 is 0 Å². The van der Waals surface area contributed by atoms with Crippen LogP contribution in [0.5, 0.6) is 0 Å². The van der Waals surface area contributed by atoms with Crippen LogP contribution in [0.15, 0.2) is 0 Å². The van der Waals surface area contributed by atoms with Gasteiger partial charge in [-0.25, -0.2) is 4.98 Å². The molecule has 0 unspecified atom stereocenters. The summed E-state index contributed by atoms with van der Waals surface area (Å²) in [7, 11) is 3.61. The van der Waals surface area contributed by atoms with Gasteiger partial charge in [-0.1, -0.05) is 20.8 Å². The van der Waals surface area contributed by atoms with Crippen molar-refractivity contribution in [1.82, 2.24) is 19.8 Å². The SMILES string of the molecule is CN(C)C(=O)CCn1c(C(C)(C)C)nc2c1CCNC2. The zero-order valence-corrected chi connectivity index (χ0v) is 13.3. The number of carbonyl (C=O) groups is 1. The van der Waals surface area contributed by atoms with Gasteiger partial charge in [0.25, 0.3) is 0 Å². The van der Waals surface area contributed by atoms with Gasteiger partial charge in [0.2, 0.25) is 5.91 Å². The van der Waals surface area contributed by atoms with Crippen molar-refractivity contribution >= 4 is 5.91 Å². The van der Waals surface area contributed by atoms with Crippen LogP contribution in [0.1, 0.15) is 44.4 Å². The van der Waals surface area contributed by atoms with Crippen LogP contribution >= 0.6 is 0 Å². The maximum absolute atomic E-state index is 11.8. The molecule has 2 rings (SSSR count). The predicted octanol–water partition coefficient (Wildman–Crippen LogP) is 1.30. The van der Waals surface area contributed by atoms with E-state index in [2.05, 4.69) is 30.7 Å². The Morgan fingerprint density at radius 1 is 1.40 bits per heavy atom. The van der Waals surface area contributed by atoms with Gasteiger partial charge < -0.3 is 14.8 Å². The molecule has 5 nitrogen and oxygen atoms in total. The molecule has 2 heterocycles. The summed E-state index contributed by atoms with van der Waals surface area (Å²) in [6.07, 6.45) is 1.53. The van der Waals surface area contributed by atoms with Crippen molar-refractivity contribution in [3.63, 3.8) is 0 Å². The van der Waals surface area contributed by atoms with E-state index >= 15 is 0 Å². The zero-order chi connectivity index (χ0) is 14.9. The van der Waals surface area contributed by atoms with Crippen LogP contribution in [0, 0.1) is 0 Å². The molecule has 0 saturated carbocycles. The molecule has 1 N–H and O–H groups in total. The van der Waals surface area contributed by atoms with Crippen LogP contribution in [-0.2, 0) is 29.7 Å². The summed E-state index contributed by atoms with van der Waals surface area (Å²) in [5, 5.41) is 3.37. The van der Waals surface area contributed by atoms with Gasteiger partial charge in [0.05, 0.1) is 5.69 Å². The van der Waals surface area contributed by atoms with Crippen LogP contribution in [-0.4, -0.2) is 41.0 Å². The molecule has 0 saturated heterocycles. The average Bonchev–Trinajstić information content (AvgIpc) is 2.74. The van der Waals surface area contributed by atoms with E-state index in [9.17, 15) is 4.79 Å². The number of hydrogen-bond acceptors (Lipinski definition) is 3. The molecular weight excluding hydrogens is 252 g/mol. The van der Waals surface area contributed by atoms with Gasteiger partial charge in [0, 0.05) is 57.7 Å². The molecule has 1 aliphatic heterocycles. The van der Waals surface area contributed by atoms with Gasteiger partial charge in [0.1, 0.15) is 5.82 Å². The third-order valence-electron chi connectivity index (χ3n) is 3.71. The Hall–Kier alpha value is -1.36. The molecule has 1 amide bonds. The Balaban J connectivity index is 2.29. The second-order valence-corrected chi connectivity index (χ2v) is 6.70. The highest BCUT2D eigenvalue weighted by molar-refractivity contribution is 5.75. The Kier molecular flexibility index (Phi) is 4.18. The van der Waals surface area contributed by atoms with E-state index in [1.54, 1.807) is 19.0 Å². The average molecular weight is 278 g/mol. The smallest absolute Gasteiger partial charge is 0.223 e. The van der Waals surface area contributed by atoms with Gasteiger partial charge in [-0.2, -0.15) is 0 Å². The molecule has 1 aromatic heterocycles. The number of aromatic nitrogens is 2. The zero-order valence-electron chi connectivity index (χ0n) is 13.3. The Morgan fingerprint density at radius 3 is 2.70 bits per heavy atom. The third kappa shape index (κ3) is 3.03. The fourth-order valence-corrected chi connectivity index (χ4v) is 2.62. The lowest BCUT2D eigenvalue weighted by Gasteiger charge is -2.22. The molecule has 0 atom stereocenters. The van der Waals surface area contributed by atoms with E-state index in [1.165, 1.54) is 5.69 Å². The highest BCUT2D eigenvalue weighted by atomic mass is 16.2. The van der Waals surface area contributed by atoms with E-state index in [1.807, 2.05) is 0 Å². The second-order valence-electron chi connectivity index (χ2n) is 6.70. The molecular formula is C15H26N4O. The van der Waals surface area contributed by atoms with Gasteiger partial charge in [-0.05, 0) is 0 Å².